The molecule has 3 aromatic heterocycles. The van der Waals surface area contributed by atoms with Crippen LogP contribution in [0.1, 0.15) is 5.56 Å². The maximum Gasteiger partial charge on any atom is 0.329 e. The van der Waals surface area contributed by atoms with E-state index >= 15 is 0 Å². The number of imidazole rings is 1. The lowest BCUT2D eigenvalue weighted by atomic mass is 10.0. The number of ether oxygens (including phenoxy) is 2. The molecule has 0 aliphatic carbocycles. The number of hydrogen-bond acceptors (Lipinski definition) is 6. The second kappa shape index (κ2) is 9.06. The fourth-order valence-corrected chi connectivity index (χ4v) is 4.32. The van der Waals surface area contributed by atoms with Crippen molar-refractivity contribution in [3.8, 4) is 22.8 Å². The Labute approximate surface area is 206 Å². The smallest absolute Gasteiger partial charge is 0.329 e. The van der Waals surface area contributed by atoms with Gasteiger partial charge in [-0.05, 0) is 41.5 Å². The Balaban J connectivity index is 1.65. The zero-order valence-electron chi connectivity index (χ0n) is 20.1. The molecule has 182 valence electrons. The fraction of sp³-hybridized carbons (Fsp3) is 0.154. The first kappa shape index (κ1) is 22.9. The van der Waals surface area contributed by atoms with Gasteiger partial charge < -0.3 is 20.9 Å². The molecule has 0 spiro atoms. The van der Waals surface area contributed by atoms with Crippen molar-refractivity contribution in [2.24, 2.45) is 23.5 Å². The topological polar surface area (TPSA) is 136 Å². The first-order chi connectivity index (χ1) is 17.4. The molecule has 5 aromatic rings. The van der Waals surface area contributed by atoms with E-state index in [0.29, 0.717) is 18.1 Å². The van der Waals surface area contributed by atoms with Gasteiger partial charge in [0.15, 0.2) is 5.96 Å². The van der Waals surface area contributed by atoms with Gasteiger partial charge in [-0.2, -0.15) is 0 Å². The SMILES string of the molecule is COc1ccc(Cn2c(=O)n(C)c3c4cc(-c5cnc(OC)c(N=C(N)N)c5)ccc4ncc32)cc1. The predicted octanol–water partition coefficient (Wildman–Crippen LogP) is 2.92. The maximum atomic E-state index is 13.2. The van der Waals surface area contributed by atoms with Gasteiger partial charge in [-0.25, -0.2) is 14.8 Å². The number of fused-ring (bicyclic) bond motifs is 3. The van der Waals surface area contributed by atoms with Crippen LogP contribution in [-0.2, 0) is 13.6 Å². The van der Waals surface area contributed by atoms with Crippen LogP contribution in [0.2, 0.25) is 0 Å². The van der Waals surface area contributed by atoms with Crippen LogP contribution in [0, 0.1) is 0 Å². The quantitative estimate of drug-likeness (QED) is 0.280. The third kappa shape index (κ3) is 3.98. The van der Waals surface area contributed by atoms with Crippen LogP contribution in [0.4, 0.5) is 5.69 Å². The van der Waals surface area contributed by atoms with Gasteiger partial charge in [0.25, 0.3) is 0 Å². The van der Waals surface area contributed by atoms with E-state index in [9.17, 15) is 4.79 Å². The van der Waals surface area contributed by atoms with Gasteiger partial charge in [-0.15, -0.1) is 0 Å². The van der Waals surface area contributed by atoms with E-state index in [1.54, 1.807) is 41.8 Å². The number of methoxy groups -OCH3 is 2. The number of rotatable bonds is 6. The maximum absolute atomic E-state index is 13.2. The highest BCUT2D eigenvalue weighted by molar-refractivity contribution is 6.04. The van der Waals surface area contributed by atoms with Crippen LogP contribution in [0.15, 0.2) is 70.7 Å². The Hall–Kier alpha value is -4.86. The number of guanidine groups is 1. The number of nitrogens with zero attached hydrogens (tertiary/aromatic N) is 5. The molecule has 0 bridgehead atoms. The highest BCUT2D eigenvalue weighted by Crippen LogP contribution is 2.33. The van der Waals surface area contributed by atoms with Crippen molar-refractivity contribution in [1.82, 2.24) is 19.1 Å². The predicted molar refractivity (Wildman–Crippen MR) is 140 cm³/mol. The first-order valence-corrected chi connectivity index (χ1v) is 11.1. The van der Waals surface area contributed by atoms with Crippen molar-refractivity contribution in [3.05, 3.63) is 77.0 Å². The van der Waals surface area contributed by atoms with Crippen LogP contribution in [-0.4, -0.2) is 39.3 Å². The van der Waals surface area contributed by atoms with Gasteiger partial charge in [0.1, 0.15) is 11.4 Å². The normalized spacial score (nSPS) is 11.1. The summed E-state index contributed by atoms with van der Waals surface area (Å²) in [4.78, 5) is 26.3. The molecular formula is C26H25N7O3. The standard InChI is InChI=1S/C26H25N7O3/c1-32-23-19-10-16(17-11-21(31-25(27)28)24(36-3)30-12-17)6-9-20(19)29-13-22(23)33(26(32)34)14-15-4-7-18(35-2)8-5-15/h4-13H,14H2,1-3H3,(H4,27,28,31). The van der Waals surface area contributed by atoms with Crippen molar-refractivity contribution in [2.45, 2.75) is 6.54 Å². The average Bonchev–Trinajstić information content (AvgIpc) is 3.13. The Bertz CT molecular complexity index is 1680. The summed E-state index contributed by atoms with van der Waals surface area (Å²) in [5.74, 6) is 0.986. The summed E-state index contributed by atoms with van der Waals surface area (Å²) in [6, 6.07) is 15.3. The first-order valence-electron chi connectivity index (χ1n) is 11.1. The van der Waals surface area contributed by atoms with E-state index in [2.05, 4.69) is 15.0 Å². The van der Waals surface area contributed by atoms with Gasteiger partial charge in [0, 0.05) is 24.2 Å². The highest BCUT2D eigenvalue weighted by Gasteiger charge is 2.16. The van der Waals surface area contributed by atoms with Gasteiger partial charge >= 0.3 is 5.69 Å². The monoisotopic (exact) mass is 483 g/mol. The molecule has 10 nitrogen and oxygen atoms in total. The summed E-state index contributed by atoms with van der Waals surface area (Å²) in [6.45, 7) is 0.414. The molecule has 0 aliphatic rings. The molecule has 10 heteroatoms. The lowest BCUT2D eigenvalue weighted by molar-refractivity contribution is 0.399. The number of aryl methyl sites for hydroxylation is 1. The molecule has 0 radical (unpaired) electrons. The second-order valence-corrected chi connectivity index (χ2v) is 8.29. The van der Waals surface area contributed by atoms with E-state index in [4.69, 9.17) is 20.9 Å². The molecule has 0 fully saturated rings. The van der Waals surface area contributed by atoms with Gasteiger partial charge in [-0.3, -0.25) is 14.1 Å². The van der Waals surface area contributed by atoms with E-state index < -0.39 is 0 Å². The summed E-state index contributed by atoms with van der Waals surface area (Å²) in [7, 11) is 4.90. The van der Waals surface area contributed by atoms with E-state index in [1.165, 1.54) is 7.11 Å². The lowest BCUT2D eigenvalue weighted by Gasteiger charge is -2.09. The van der Waals surface area contributed by atoms with Crippen molar-refractivity contribution >= 4 is 33.6 Å². The molecule has 36 heavy (non-hydrogen) atoms. The van der Waals surface area contributed by atoms with Crippen molar-refractivity contribution < 1.29 is 9.47 Å². The third-order valence-corrected chi connectivity index (χ3v) is 6.07. The Morgan fingerprint density at radius 3 is 2.44 bits per heavy atom. The molecule has 0 unspecified atom stereocenters. The number of pyridine rings is 2. The minimum atomic E-state index is -0.123. The number of aliphatic imine (C=N–C) groups is 1. The molecule has 0 saturated heterocycles. The summed E-state index contributed by atoms with van der Waals surface area (Å²) in [5.41, 5.74) is 16.4. The number of aromatic nitrogens is 4. The molecular weight excluding hydrogens is 458 g/mol. The van der Waals surface area contributed by atoms with Crippen LogP contribution in [0.25, 0.3) is 33.1 Å². The molecule has 0 aliphatic heterocycles. The molecule has 0 amide bonds. The summed E-state index contributed by atoms with van der Waals surface area (Å²) < 4.78 is 13.9. The molecule has 0 atom stereocenters. The van der Waals surface area contributed by atoms with Gasteiger partial charge in [-0.1, -0.05) is 18.2 Å². The van der Waals surface area contributed by atoms with E-state index in [1.807, 2.05) is 42.5 Å². The zero-order valence-corrected chi connectivity index (χ0v) is 20.1. The third-order valence-electron chi connectivity index (χ3n) is 6.07. The van der Waals surface area contributed by atoms with Gasteiger partial charge in [0.2, 0.25) is 5.88 Å². The lowest BCUT2D eigenvalue weighted by Crippen LogP contribution is -2.22. The summed E-state index contributed by atoms with van der Waals surface area (Å²) in [6.07, 6.45) is 3.43. The number of hydrogen-bond donors (Lipinski definition) is 2. The van der Waals surface area contributed by atoms with E-state index in [0.717, 1.165) is 44.4 Å². The molecule has 2 aromatic carbocycles. The van der Waals surface area contributed by atoms with Crippen LogP contribution in [0.3, 0.4) is 0 Å². The second-order valence-electron chi connectivity index (χ2n) is 8.29. The Morgan fingerprint density at radius 2 is 1.75 bits per heavy atom. The minimum absolute atomic E-state index is 0.0927. The van der Waals surface area contributed by atoms with Crippen LogP contribution < -0.4 is 26.6 Å². The largest absolute Gasteiger partial charge is 0.497 e. The van der Waals surface area contributed by atoms with Crippen LogP contribution in [0.5, 0.6) is 11.6 Å². The van der Waals surface area contributed by atoms with E-state index in [-0.39, 0.29) is 11.6 Å². The fourth-order valence-electron chi connectivity index (χ4n) is 4.32. The summed E-state index contributed by atoms with van der Waals surface area (Å²) >= 11 is 0. The van der Waals surface area contributed by atoms with Crippen LogP contribution >= 0.6 is 0 Å². The Morgan fingerprint density at radius 1 is 0.972 bits per heavy atom. The molecule has 4 N–H and O–H groups in total. The molecule has 3 heterocycles. The highest BCUT2D eigenvalue weighted by atomic mass is 16.5. The Kier molecular flexibility index (Phi) is 5.77. The van der Waals surface area contributed by atoms with Gasteiger partial charge in [0.05, 0.1) is 43.5 Å². The number of benzene rings is 2. The van der Waals surface area contributed by atoms with Crippen molar-refractivity contribution in [3.63, 3.8) is 0 Å². The summed E-state index contributed by atoms with van der Waals surface area (Å²) in [5, 5.41) is 0.845. The van der Waals surface area contributed by atoms with Crippen molar-refractivity contribution in [2.75, 3.05) is 14.2 Å². The minimum Gasteiger partial charge on any atom is -0.497 e. The molecule has 5 rings (SSSR count). The van der Waals surface area contributed by atoms with Crippen molar-refractivity contribution in [1.29, 1.82) is 0 Å². The number of nitrogens with two attached hydrogens (primary N) is 2. The zero-order chi connectivity index (χ0) is 25.4. The average molecular weight is 484 g/mol. The molecule has 0 saturated carbocycles.